The van der Waals surface area contributed by atoms with Crippen molar-refractivity contribution in [2.75, 3.05) is 24.5 Å². The number of hydrogen-bond acceptors (Lipinski definition) is 5. The first-order valence-corrected chi connectivity index (χ1v) is 16.2. The van der Waals surface area contributed by atoms with Crippen LogP contribution in [-0.4, -0.2) is 42.4 Å². The maximum absolute atomic E-state index is 13.5. The van der Waals surface area contributed by atoms with Crippen LogP contribution in [0.3, 0.4) is 0 Å². The molecule has 3 aromatic carbocycles. The van der Waals surface area contributed by atoms with Crippen molar-refractivity contribution in [3.63, 3.8) is 0 Å². The number of amides is 2. The van der Waals surface area contributed by atoms with Crippen LogP contribution in [0.5, 0.6) is 0 Å². The first kappa shape index (κ1) is 31.2. The molecule has 2 saturated heterocycles. The van der Waals surface area contributed by atoms with Gasteiger partial charge < -0.3 is 19.5 Å². The third kappa shape index (κ3) is 7.38. The van der Waals surface area contributed by atoms with Crippen molar-refractivity contribution in [3.05, 3.63) is 121 Å². The van der Waals surface area contributed by atoms with Gasteiger partial charge in [0.25, 0.3) is 5.91 Å². The lowest BCUT2D eigenvalue weighted by molar-refractivity contribution is -0.128. The Kier molecular flexibility index (Phi) is 9.50. The van der Waals surface area contributed by atoms with Crippen molar-refractivity contribution in [2.24, 2.45) is 0 Å². The zero-order valence-electron chi connectivity index (χ0n) is 24.5. The summed E-state index contributed by atoms with van der Waals surface area (Å²) in [6.07, 6.45) is 5.84. The third-order valence-corrected chi connectivity index (χ3v) is 9.12. The minimum absolute atomic E-state index is 0.119. The molecule has 0 unspecified atom stereocenters. The molecule has 0 aliphatic carbocycles. The summed E-state index contributed by atoms with van der Waals surface area (Å²) in [5.41, 5.74) is 4.27. The summed E-state index contributed by atoms with van der Waals surface area (Å²) in [4.78, 5) is 42.9. The summed E-state index contributed by atoms with van der Waals surface area (Å²) in [7, 11) is 0. The van der Waals surface area contributed by atoms with Gasteiger partial charge in [0.2, 0.25) is 5.91 Å². The van der Waals surface area contributed by atoms with Gasteiger partial charge in [0.05, 0.1) is 16.5 Å². The molecule has 232 valence electrons. The number of halogens is 3. The van der Waals surface area contributed by atoms with Crippen LogP contribution >= 0.6 is 34.8 Å². The highest BCUT2D eigenvalue weighted by atomic mass is 35.5. The van der Waals surface area contributed by atoms with Crippen molar-refractivity contribution < 1.29 is 14.0 Å². The molecule has 4 aromatic rings. The second-order valence-electron chi connectivity index (χ2n) is 11.5. The number of carbonyl (C=O) groups is 2. The Bertz CT molecular complexity index is 1830. The largest absolute Gasteiger partial charge is 0.449 e. The Morgan fingerprint density at radius 1 is 0.911 bits per heavy atom. The standard InChI is InChI=1S/C35H32Cl3N3O4/c36-25-9-7-22(8-10-25)16-27(39-35(44)32-20-31(42)28-18-26(37)19-29(38)34(28)45-32)17-23-11-14-40(15-12-23)30-5-2-1-4-24(30)21-41-13-3-6-33(41)43/h1-2,4-5,7-10,17-20,27H,3,6,11-16,21H2,(H,39,44)/t27-/m0/s1. The molecule has 6 rings (SSSR count). The van der Waals surface area contributed by atoms with E-state index in [1.54, 1.807) is 0 Å². The van der Waals surface area contributed by atoms with Gasteiger partial charge in [-0.2, -0.15) is 0 Å². The van der Waals surface area contributed by atoms with Crippen LogP contribution in [0.1, 0.15) is 47.4 Å². The average Bonchev–Trinajstić information content (AvgIpc) is 3.43. The summed E-state index contributed by atoms with van der Waals surface area (Å²) in [6, 6.07) is 19.6. The summed E-state index contributed by atoms with van der Waals surface area (Å²) >= 11 is 18.5. The topological polar surface area (TPSA) is 82.9 Å². The minimum Gasteiger partial charge on any atom is -0.449 e. The van der Waals surface area contributed by atoms with Crippen LogP contribution in [0.15, 0.2) is 87.6 Å². The molecule has 1 atom stereocenters. The molecule has 1 N–H and O–H groups in total. The van der Waals surface area contributed by atoms with Crippen molar-refractivity contribution in [3.8, 4) is 0 Å². The van der Waals surface area contributed by atoms with Crippen molar-refractivity contribution in [1.29, 1.82) is 0 Å². The van der Waals surface area contributed by atoms with Gasteiger partial charge in [0.1, 0.15) is 0 Å². The number of benzene rings is 3. The Balaban J connectivity index is 1.20. The highest BCUT2D eigenvalue weighted by Gasteiger charge is 2.24. The summed E-state index contributed by atoms with van der Waals surface area (Å²) in [6.45, 7) is 3.08. The van der Waals surface area contributed by atoms with Crippen LogP contribution < -0.4 is 15.6 Å². The molecule has 2 aliphatic heterocycles. The second-order valence-corrected chi connectivity index (χ2v) is 12.8. The van der Waals surface area contributed by atoms with E-state index in [1.807, 2.05) is 41.3 Å². The second kappa shape index (κ2) is 13.7. The predicted molar refractivity (Wildman–Crippen MR) is 180 cm³/mol. The smallest absolute Gasteiger partial charge is 0.287 e. The van der Waals surface area contributed by atoms with Gasteiger partial charge in [-0.25, -0.2) is 0 Å². The average molecular weight is 665 g/mol. The molecule has 3 heterocycles. The zero-order valence-corrected chi connectivity index (χ0v) is 26.8. The molecule has 2 aliphatic rings. The molecular formula is C35H32Cl3N3O4. The maximum atomic E-state index is 13.5. The van der Waals surface area contributed by atoms with E-state index in [-0.39, 0.29) is 33.7 Å². The lowest BCUT2D eigenvalue weighted by Gasteiger charge is -2.33. The Morgan fingerprint density at radius 3 is 2.40 bits per heavy atom. The van der Waals surface area contributed by atoms with Crippen LogP contribution in [0.25, 0.3) is 11.0 Å². The summed E-state index contributed by atoms with van der Waals surface area (Å²) in [5.74, 6) is -0.421. The van der Waals surface area contributed by atoms with Gasteiger partial charge in [0, 0.05) is 54.4 Å². The van der Waals surface area contributed by atoms with E-state index in [2.05, 4.69) is 28.4 Å². The van der Waals surface area contributed by atoms with Gasteiger partial charge in [-0.1, -0.05) is 76.8 Å². The quantitative estimate of drug-likeness (QED) is 0.198. The lowest BCUT2D eigenvalue weighted by Crippen LogP contribution is -2.37. The number of rotatable bonds is 8. The van der Waals surface area contributed by atoms with Crippen molar-refractivity contribution >= 4 is 63.3 Å². The van der Waals surface area contributed by atoms with Gasteiger partial charge in [-0.3, -0.25) is 14.4 Å². The van der Waals surface area contributed by atoms with Crippen LogP contribution in [0, 0.1) is 0 Å². The molecule has 2 amide bonds. The van der Waals surface area contributed by atoms with Gasteiger partial charge in [-0.05, 0) is 67.1 Å². The van der Waals surface area contributed by atoms with Gasteiger partial charge in [-0.15, -0.1) is 0 Å². The molecule has 7 nitrogen and oxygen atoms in total. The number of likely N-dealkylation sites (tertiary alicyclic amines) is 1. The van der Waals surface area contributed by atoms with E-state index >= 15 is 0 Å². The molecule has 0 saturated carbocycles. The first-order chi connectivity index (χ1) is 21.7. The molecule has 2 fully saturated rings. The Hall–Kier alpha value is -3.78. The number of carbonyl (C=O) groups excluding carboxylic acids is 2. The fourth-order valence-corrected chi connectivity index (χ4v) is 6.73. The molecular weight excluding hydrogens is 633 g/mol. The maximum Gasteiger partial charge on any atom is 0.287 e. The number of nitrogens with zero attached hydrogens (tertiary/aromatic N) is 2. The first-order valence-electron chi connectivity index (χ1n) is 15.0. The highest BCUT2D eigenvalue weighted by Crippen LogP contribution is 2.29. The monoisotopic (exact) mass is 663 g/mol. The number of fused-ring (bicyclic) bond motifs is 1. The number of nitrogens with one attached hydrogen (secondary N) is 1. The number of anilines is 1. The van der Waals surface area contributed by atoms with E-state index in [4.69, 9.17) is 39.2 Å². The fraction of sp³-hybridized carbons (Fsp3) is 0.286. The summed E-state index contributed by atoms with van der Waals surface area (Å²) < 4.78 is 5.80. The molecule has 45 heavy (non-hydrogen) atoms. The molecule has 0 radical (unpaired) electrons. The fourth-order valence-electron chi connectivity index (χ4n) is 6.08. The van der Waals surface area contributed by atoms with Gasteiger partial charge in [0.15, 0.2) is 16.8 Å². The predicted octanol–water partition coefficient (Wildman–Crippen LogP) is 7.44. The SMILES string of the molecule is O=C(N[C@H](C=C1CCN(c2ccccc2CN2CCCC2=O)CC1)Cc1ccc(Cl)cc1)c1cc(=O)c2cc(Cl)cc(Cl)c2o1. The van der Waals surface area contributed by atoms with Gasteiger partial charge >= 0.3 is 0 Å². The molecule has 10 heteroatoms. The van der Waals surface area contributed by atoms with E-state index in [0.29, 0.717) is 29.4 Å². The highest BCUT2D eigenvalue weighted by molar-refractivity contribution is 6.38. The lowest BCUT2D eigenvalue weighted by atomic mass is 9.97. The summed E-state index contributed by atoms with van der Waals surface area (Å²) in [5, 5.41) is 4.37. The van der Waals surface area contributed by atoms with Crippen molar-refractivity contribution in [2.45, 2.75) is 44.7 Å². The number of piperidine rings is 1. The molecule has 1 aromatic heterocycles. The van der Waals surface area contributed by atoms with Crippen LogP contribution in [0.2, 0.25) is 15.1 Å². The van der Waals surface area contributed by atoms with E-state index in [0.717, 1.165) is 55.7 Å². The minimum atomic E-state index is -0.515. The van der Waals surface area contributed by atoms with E-state index < -0.39 is 11.3 Å². The van der Waals surface area contributed by atoms with Crippen LogP contribution in [0.4, 0.5) is 5.69 Å². The molecule has 0 spiro atoms. The zero-order chi connectivity index (χ0) is 31.5. The van der Waals surface area contributed by atoms with E-state index in [1.165, 1.54) is 23.8 Å². The van der Waals surface area contributed by atoms with Crippen LogP contribution in [-0.2, 0) is 17.8 Å². The van der Waals surface area contributed by atoms with Crippen molar-refractivity contribution in [1.82, 2.24) is 10.2 Å². The number of para-hydroxylation sites is 1. The third-order valence-electron chi connectivity index (χ3n) is 8.36. The number of hydrogen-bond donors (Lipinski definition) is 1. The Morgan fingerprint density at radius 2 is 1.67 bits per heavy atom. The molecule has 0 bridgehead atoms. The normalized spacial score (nSPS) is 15.9. The Labute approximate surface area is 276 Å². The van der Waals surface area contributed by atoms with E-state index in [9.17, 15) is 14.4 Å².